The Morgan fingerprint density at radius 1 is 1.35 bits per heavy atom. The molecule has 0 aliphatic carbocycles. The molecule has 5 rings (SSSR count). The molecule has 11 heteroatoms. The largest absolute Gasteiger partial charge is 0.325 e. The van der Waals surface area contributed by atoms with E-state index in [-0.39, 0.29) is 29.9 Å². The van der Waals surface area contributed by atoms with E-state index in [1.54, 1.807) is 4.90 Å². The molecule has 3 fully saturated rings. The number of nitrogens with one attached hydrogen (secondary N) is 1. The molecule has 4 heterocycles. The lowest BCUT2D eigenvalue weighted by molar-refractivity contribution is -0.134. The number of likely N-dealkylation sites (tertiary alicyclic amines) is 2. The number of carbonyl (C=O) groups excluding carboxylic acids is 2. The van der Waals surface area contributed by atoms with Gasteiger partial charge in [0.1, 0.15) is 6.04 Å². The van der Waals surface area contributed by atoms with E-state index in [1.165, 1.54) is 0 Å². The van der Waals surface area contributed by atoms with Crippen LogP contribution in [0.1, 0.15) is 19.3 Å². The number of fused-ring (bicyclic) bond motifs is 2. The molecule has 2 amide bonds. The van der Waals surface area contributed by atoms with E-state index >= 15 is 0 Å². The van der Waals surface area contributed by atoms with Crippen molar-refractivity contribution in [2.75, 3.05) is 24.5 Å². The fraction of sp³-hybridized carbons (Fsp3) is 0.500. The van der Waals surface area contributed by atoms with E-state index in [0.717, 1.165) is 24.1 Å². The van der Waals surface area contributed by atoms with Crippen LogP contribution in [0.25, 0.3) is 11.4 Å². The van der Waals surface area contributed by atoms with Crippen molar-refractivity contribution >= 4 is 17.5 Å². The summed E-state index contributed by atoms with van der Waals surface area (Å²) >= 11 is 0. The van der Waals surface area contributed by atoms with Crippen LogP contribution in [0.15, 0.2) is 24.3 Å². The van der Waals surface area contributed by atoms with Crippen molar-refractivity contribution in [3.63, 3.8) is 0 Å². The van der Waals surface area contributed by atoms with Crippen LogP contribution in [-0.2, 0) is 9.59 Å². The summed E-state index contributed by atoms with van der Waals surface area (Å²) in [4.78, 5) is 31.2. The number of hydrogen-bond donors (Lipinski definition) is 2. The molecular weight excluding hydrogens is 398 g/mol. The average Bonchev–Trinajstić information content (AvgIpc) is 3.57. The lowest BCUT2D eigenvalue weighted by Crippen LogP contribution is -2.56. The minimum absolute atomic E-state index is 0.0271. The summed E-state index contributed by atoms with van der Waals surface area (Å²) in [6, 6.07) is 8.35. The van der Waals surface area contributed by atoms with Gasteiger partial charge < -0.3 is 15.5 Å². The summed E-state index contributed by atoms with van der Waals surface area (Å²) in [5, 5.41) is 23.1. The Balaban J connectivity index is 1.23. The van der Waals surface area contributed by atoms with Crippen molar-refractivity contribution in [3.05, 3.63) is 24.3 Å². The standard InChI is InChI=1S/C20H23N9O2/c21-9-14-2-1-7-28(14)19(30)16(22)11-27-10-15-8-17(27)20(31)29(15)13-5-3-12(4-6-13)18-23-25-26-24-18/h3-6,14-17H,1-2,7-8,10-11,22H2,(H,23,24,25,26)/t14-,15?,16-,17+/m0/s1. The van der Waals surface area contributed by atoms with Crippen molar-refractivity contribution in [2.24, 2.45) is 5.73 Å². The highest BCUT2D eigenvalue weighted by Gasteiger charge is 2.50. The number of benzene rings is 1. The zero-order chi connectivity index (χ0) is 21.5. The monoisotopic (exact) mass is 421 g/mol. The number of anilines is 1. The quantitative estimate of drug-likeness (QED) is 0.656. The maximum Gasteiger partial charge on any atom is 0.244 e. The van der Waals surface area contributed by atoms with Gasteiger partial charge in [-0.1, -0.05) is 0 Å². The number of nitrogens with zero attached hydrogens (tertiary/aromatic N) is 7. The summed E-state index contributed by atoms with van der Waals surface area (Å²) in [7, 11) is 0. The van der Waals surface area contributed by atoms with Gasteiger partial charge in [0.2, 0.25) is 17.6 Å². The van der Waals surface area contributed by atoms with Crippen LogP contribution >= 0.6 is 0 Å². The molecule has 31 heavy (non-hydrogen) atoms. The third kappa shape index (κ3) is 3.34. The lowest BCUT2D eigenvalue weighted by Gasteiger charge is -2.35. The second-order valence-electron chi connectivity index (χ2n) is 8.28. The van der Waals surface area contributed by atoms with E-state index in [0.29, 0.717) is 31.9 Å². The molecule has 3 saturated heterocycles. The first-order valence-electron chi connectivity index (χ1n) is 10.4. The zero-order valence-electron chi connectivity index (χ0n) is 16.9. The van der Waals surface area contributed by atoms with Gasteiger partial charge in [0, 0.05) is 30.9 Å². The smallest absolute Gasteiger partial charge is 0.244 e. The number of rotatable bonds is 5. The molecular formula is C20H23N9O2. The highest BCUT2D eigenvalue weighted by Crippen LogP contribution is 2.36. The van der Waals surface area contributed by atoms with Crippen molar-refractivity contribution in [1.29, 1.82) is 5.26 Å². The molecule has 3 N–H and O–H groups in total. The van der Waals surface area contributed by atoms with Gasteiger partial charge in [-0.2, -0.15) is 10.5 Å². The average molecular weight is 421 g/mol. The van der Waals surface area contributed by atoms with Crippen LogP contribution in [0, 0.1) is 11.3 Å². The van der Waals surface area contributed by atoms with Crippen molar-refractivity contribution < 1.29 is 9.59 Å². The Morgan fingerprint density at radius 2 is 2.16 bits per heavy atom. The molecule has 0 radical (unpaired) electrons. The molecule has 2 bridgehead atoms. The van der Waals surface area contributed by atoms with E-state index in [2.05, 4.69) is 26.7 Å². The van der Waals surface area contributed by atoms with Crippen LogP contribution in [0.3, 0.4) is 0 Å². The van der Waals surface area contributed by atoms with Gasteiger partial charge in [0.15, 0.2) is 0 Å². The summed E-state index contributed by atoms with van der Waals surface area (Å²) < 4.78 is 0. The molecule has 0 spiro atoms. The second-order valence-corrected chi connectivity index (χ2v) is 8.28. The first kappa shape index (κ1) is 19.6. The fourth-order valence-electron chi connectivity index (χ4n) is 4.97. The van der Waals surface area contributed by atoms with Gasteiger partial charge >= 0.3 is 0 Å². The van der Waals surface area contributed by atoms with Crippen LogP contribution in [-0.4, -0.2) is 86.0 Å². The van der Waals surface area contributed by atoms with Gasteiger partial charge in [-0.15, -0.1) is 10.2 Å². The van der Waals surface area contributed by atoms with Gasteiger partial charge in [0.25, 0.3) is 0 Å². The van der Waals surface area contributed by atoms with Crippen LogP contribution in [0.4, 0.5) is 5.69 Å². The molecule has 160 valence electrons. The number of amides is 2. The highest BCUT2D eigenvalue weighted by atomic mass is 16.2. The number of nitrogens with two attached hydrogens (primary N) is 1. The molecule has 3 aliphatic heterocycles. The van der Waals surface area contributed by atoms with Gasteiger partial charge in [-0.3, -0.25) is 14.5 Å². The van der Waals surface area contributed by atoms with Crippen molar-refractivity contribution in [2.45, 2.75) is 43.4 Å². The number of tetrazole rings is 1. The number of nitriles is 1. The number of hydrogen-bond acceptors (Lipinski definition) is 8. The van der Waals surface area contributed by atoms with Crippen molar-refractivity contribution in [3.8, 4) is 17.5 Å². The predicted molar refractivity (Wildman–Crippen MR) is 109 cm³/mol. The minimum atomic E-state index is -0.733. The number of aromatic nitrogens is 4. The molecule has 1 unspecified atom stereocenters. The Labute approximate surface area is 178 Å². The molecule has 11 nitrogen and oxygen atoms in total. The summed E-state index contributed by atoms with van der Waals surface area (Å²) in [6.45, 7) is 1.57. The topological polar surface area (TPSA) is 148 Å². The fourth-order valence-corrected chi connectivity index (χ4v) is 4.97. The normalized spacial score (nSPS) is 26.5. The van der Waals surface area contributed by atoms with Gasteiger partial charge in [-0.25, -0.2) is 0 Å². The Hall–Kier alpha value is -3.36. The van der Waals surface area contributed by atoms with Crippen LogP contribution in [0.5, 0.6) is 0 Å². The molecule has 3 aliphatic rings. The Kier molecular flexibility index (Phi) is 4.88. The molecule has 2 aromatic rings. The third-order valence-electron chi connectivity index (χ3n) is 6.45. The number of H-pyrrole nitrogens is 1. The SMILES string of the molecule is N#C[C@@H]1CCCN1C(=O)[C@@H](N)CN1CC2C[C@@H]1C(=O)N2c1ccc(-c2nn[nH]n2)cc1. The first-order chi connectivity index (χ1) is 15.1. The summed E-state index contributed by atoms with van der Waals surface area (Å²) in [6.07, 6.45) is 2.24. The Morgan fingerprint density at radius 3 is 2.84 bits per heavy atom. The van der Waals surface area contributed by atoms with Crippen molar-refractivity contribution in [1.82, 2.24) is 30.4 Å². The molecule has 1 aromatic carbocycles. The first-order valence-corrected chi connectivity index (χ1v) is 10.4. The highest BCUT2D eigenvalue weighted by molar-refractivity contribution is 6.01. The van der Waals surface area contributed by atoms with E-state index in [1.807, 2.05) is 34.1 Å². The molecule has 4 atom stereocenters. The maximum atomic E-state index is 13.1. The van der Waals surface area contributed by atoms with Crippen LogP contribution in [0.2, 0.25) is 0 Å². The predicted octanol–water partition coefficient (Wildman–Crippen LogP) is -0.502. The summed E-state index contributed by atoms with van der Waals surface area (Å²) in [5.74, 6) is 0.328. The van der Waals surface area contributed by atoms with E-state index in [9.17, 15) is 14.9 Å². The van der Waals surface area contributed by atoms with E-state index in [4.69, 9.17) is 5.73 Å². The Bertz CT molecular complexity index is 1020. The summed E-state index contributed by atoms with van der Waals surface area (Å²) in [5.41, 5.74) is 7.84. The zero-order valence-corrected chi connectivity index (χ0v) is 16.9. The van der Waals surface area contributed by atoms with E-state index < -0.39 is 6.04 Å². The van der Waals surface area contributed by atoms with Gasteiger partial charge in [0.05, 0.1) is 24.2 Å². The number of carbonyl (C=O) groups is 2. The third-order valence-corrected chi connectivity index (χ3v) is 6.45. The van der Waals surface area contributed by atoms with Gasteiger partial charge in [-0.05, 0) is 48.7 Å². The number of aromatic amines is 1. The molecule has 0 saturated carbocycles. The second kappa shape index (κ2) is 7.72. The maximum absolute atomic E-state index is 13.1. The minimum Gasteiger partial charge on any atom is -0.325 e. The number of piperazine rings is 1. The van der Waals surface area contributed by atoms with Crippen LogP contribution < -0.4 is 10.6 Å². The molecule has 1 aromatic heterocycles. The lowest BCUT2D eigenvalue weighted by atomic mass is 10.1.